The largest absolute Gasteiger partial charge is 0.333 e. The molecule has 0 saturated heterocycles. The van der Waals surface area contributed by atoms with Crippen LogP contribution in [0.3, 0.4) is 0 Å². The third-order valence-corrected chi connectivity index (χ3v) is 4.46. The number of aryl methyl sites for hydroxylation is 1. The lowest BCUT2D eigenvalue weighted by atomic mass is 10.2. The molecule has 0 amide bonds. The summed E-state index contributed by atoms with van der Waals surface area (Å²) in [6.45, 7) is 3.00. The summed E-state index contributed by atoms with van der Waals surface area (Å²) in [5, 5.41) is 4.37. The molecule has 1 N–H and O–H groups in total. The van der Waals surface area contributed by atoms with Crippen molar-refractivity contribution in [1.29, 1.82) is 0 Å². The van der Waals surface area contributed by atoms with Crippen LogP contribution in [-0.2, 0) is 0 Å². The second-order valence-electron chi connectivity index (χ2n) is 3.62. The first-order valence-corrected chi connectivity index (χ1v) is 7.64. The minimum atomic E-state index is 0.927. The molecule has 1 aliphatic rings. The second kappa shape index (κ2) is 5.56. The van der Waals surface area contributed by atoms with Gasteiger partial charge in [-0.1, -0.05) is 11.8 Å². The van der Waals surface area contributed by atoms with Gasteiger partial charge in [-0.3, -0.25) is 4.99 Å². The van der Waals surface area contributed by atoms with Crippen molar-refractivity contribution in [3.8, 4) is 0 Å². The molecule has 86 valence electrons. The number of hydrogen-bond donors (Lipinski definition) is 1. The van der Waals surface area contributed by atoms with E-state index in [2.05, 4.69) is 61.2 Å². The topological polar surface area (TPSA) is 24.4 Å². The number of hydrogen-bond acceptors (Lipinski definition) is 3. The molecule has 0 aromatic heterocycles. The maximum Gasteiger partial charge on any atom is 0.161 e. The molecule has 2 rings (SSSR count). The fourth-order valence-corrected chi connectivity index (χ4v) is 3.90. The first-order valence-electron chi connectivity index (χ1n) is 5.07. The zero-order valence-electron chi connectivity index (χ0n) is 8.89. The van der Waals surface area contributed by atoms with Crippen molar-refractivity contribution < 1.29 is 0 Å². The van der Waals surface area contributed by atoms with E-state index in [4.69, 9.17) is 0 Å². The Hall–Kier alpha value is -0.000000000000000111. The van der Waals surface area contributed by atoms with Gasteiger partial charge in [0.1, 0.15) is 0 Å². The highest BCUT2D eigenvalue weighted by Crippen LogP contribution is 2.33. The van der Waals surface area contributed by atoms with Crippen molar-refractivity contribution in [2.45, 2.75) is 13.3 Å². The first-order chi connectivity index (χ1) is 7.66. The molecule has 0 fully saturated rings. The minimum absolute atomic E-state index is 0.927. The van der Waals surface area contributed by atoms with Crippen molar-refractivity contribution >= 4 is 54.5 Å². The van der Waals surface area contributed by atoms with E-state index < -0.39 is 0 Å². The van der Waals surface area contributed by atoms with E-state index in [9.17, 15) is 0 Å². The highest BCUT2D eigenvalue weighted by Gasteiger charge is 2.11. The quantitative estimate of drug-likeness (QED) is 0.798. The standard InChI is InChI=1S/C11H12Br2N2S/c1-7-5-8(12)10(9(13)6-7)15-11-14-3-2-4-16-11/h5-6H,2-4H2,1H3,(H,14,15). The molecule has 1 aromatic carbocycles. The van der Waals surface area contributed by atoms with Gasteiger partial charge in [0.05, 0.1) is 5.69 Å². The lowest BCUT2D eigenvalue weighted by Crippen LogP contribution is -2.14. The van der Waals surface area contributed by atoms with Crippen LogP contribution in [0.25, 0.3) is 0 Å². The summed E-state index contributed by atoms with van der Waals surface area (Å²) in [6, 6.07) is 4.20. The molecule has 0 bridgehead atoms. The predicted molar refractivity (Wildman–Crippen MR) is 79.6 cm³/mol. The predicted octanol–water partition coefficient (Wildman–Crippen LogP) is 4.42. The van der Waals surface area contributed by atoms with Gasteiger partial charge < -0.3 is 5.32 Å². The number of nitrogens with zero attached hydrogens (tertiary/aromatic N) is 1. The molecule has 0 saturated carbocycles. The molecule has 2 nitrogen and oxygen atoms in total. The highest BCUT2D eigenvalue weighted by atomic mass is 79.9. The zero-order chi connectivity index (χ0) is 11.5. The van der Waals surface area contributed by atoms with E-state index in [0.29, 0.717) is 0 Å². The summed E-state index contributed by atoms with van der Waals surface area (Å²) in [5.41, 5.74) is 2.28. The molecule has 0 radical (unpaired) electrons. The summed E-state index contributed by atoms with van der Waals surface area (Å²) in [4.78, 5) is 4.46. The van der Waals surface area contributed by atoms with Crippen LogP contribution in [0.4, 0.5) is 5.69 Å². The van der Waals surface area contributed by atoms with Crippen LogP contribution in [0.15, 0.2) is 26.1 Å². The Labute approximate surface area is 117 Å². The van der Waals surface area contributed by atoms with Crippen LogP contribution in [0, 0.1) is 6.92 Å². The van der Waals surface area contributed by atoms with Crippen LogP contribution in [-0.4, -0.2) is 17.5 Å². The van der Waals surface area contributed by atoms with Crippen molar-refractivity contribution in [2.24, 2.45) is 4.99 Å². The third-order valence-electron chi connectivity index (χ3n) is 2.22. The Morgan fingerprint density at radius 1 is 1.31 bits per heavy atom. The van der Waals surface area contributed by atoms with Gasteiger partial charge in [-0.2, -0.15) is 0 Å². The van der Waals surface area contributed by atoms with Gasteiger partial charge in [0.2, 0.25) is 0 Å². The van der Waals surface area contributed by atoms with E-state index in [1.54, 1.807) is 11.8 Å². The molecule has 1 aliphatic heterocycles. The molecule has 16 heavy (non-hydrogen) atoms. The van der Waals surface area contributed by atoms with Gasteiger partial charge in [0.15, 0.2) is 5.17 Å². The fraction of sp³-hybridized carbons (Fsp3) is 0.364. The van der Waals surface area contributed by atoms with Crippen molar-refractivity contribution in [3.63, 3.8) is 0 Å². The number of amidine groups is 1. The average molecular weight is 364 g/mol. The van der Waals surface area contributed by atoms with E-state index in [0.717, 1.165) is 32.1 Å². The monoisotopic (exact) mass is 362 g/mol. The van der Waals surface area contributed by atoms with Crippen molar-refractivity contribution in [3.05, 3.63) is 26.6 Å². The Morgan fingerprint density at radius 2 is 2.00 bits per heavy atom. The maximum atomic E-state index is 4.46. The minimum Gasteiger partial charge on any atom is -0.333 e. The van der Waals surface area contributed by atoms with E-state index >= 15 is 0 Å². The lowest BCUT2D eigenvalue weighted by molar-refractivity contribution is 0.938. The van der Waals surface area contributed by atoms with E-state index in [-0.39, 0.29) is 0 Å². The maximum absolute atomic E-state index is 4.46. The third kappa shape index (κ3) is 3.02. The molecule has 0 spiro atoms. The summed E-state index contributed by atoms with van der Waals surface area (Å²) >= 11 is 8.91. The van der Waals surface area contributed by atoms with Gasteiger partial charge >= 0.3 is 0 Å². The zero-order valence-corrected chi connectivity index (χ0v) is 12.9. The van der Waals surface area contributed by atoms with Gasteiger partial charge in [0.25, 0.3) is 0 Å². The number of halogens is 2. The Bertz CT molecular complexity index is 409. The van der Waals surface area contributed by atoms with Crippen LogP contribution in [0.1, 0.15) is 12.0 Å². The number of rotatable bonds is 1. The smallest absolute Gasteiger partial charge is 0.161 e. The Balaban J connectivity index is 2.24. The van der Waals surface area contributed by atoms with Gasteiger partial charge in [0, 0.05) is 21.2 Å². The summed E-state index contributed by atoms with van der Waals surface area (Å²) in [7, 11) is 0. The molecule has 1 heterocycles. The molecular formula is C11H12Br2N2S. The Morgan fingerprint density at radius 3 is 2.56 bits per heavy atom. The second-order valence-corrected chi connectivity index (χ2v) is 6.41. The number of benzene rings is 1. The van der Waals surface area contributed by atoms with Crippen LogP contribution in [0.5, 0.6) is 0 Å². The number of thioether (sulfide) groups is 1. The molecule has 5 heteroatoms. The lowest BCUT2D eigenvalue weighted by Gasteiger charge is -2.16. The summed E-state index contributed by atoms with van der Waals surface area (Å²) < 4.78 is 2.13. The highest BCUT2D eigenvalue weighted by molar-refractivity contribution is 9.11. The number of aliphatic imine (C=N–C) groups is 1. The van der Waals surface area contributed by atoms with E-state index in [1.807, 2.05) is 0 Å². The van der Waals surface area contributed by atoms with Gasteiger partial charge in [-0.15, -0.1) is 0 Å². The normalized spacial score (nSPS) is 15.8. The van der Waals surface area contributed by atoms with Crippen LogP contribution < -0.4 is 5.32 Å². The van der Waals surface area contributed by atoms with Crippen molar-refractivity contribution in [2.75, 3.05) is 17.6 Å². The van der Waals surface area contributed by atoms with Gasteiger partial charge in [-0.05, 0) is 62.9 Å². The number of anilines is 1. The van der Waals surface area contributed by atoms with E-state index in [1.165, 1.54) is 12.0 Å². The molecule has 0 atom stereocenters. The van der Waals surface area contributed by atoms with Crippen molar-refractivity contribution in [1.82, 2.24) is 0 Å². The first kappa shape index (κ1) is 12.5. The van der Waals surface area contributed by atoms with Crippen LogP contribution >= 0.6 is 43.6 Å². The number of nitrogens with one attached hydrogen (secondary N) is 1. The van der Waals surface area contributed by atoms with Gasteiger partial charge in [-0.25, -0.2) is 0 Å². The van der Waals surface area contributed by atoms with Crippen LogP contribution in [0.2, 0.25) is 0 Å². The molecule has 0 unspecified atom stereocenters. The molecule has 1 aromatic rings. The molecular weight excluding hydrogens is 352 g/mol. The molecule has 0 aliphatic carbocycles. The fourth-order valence-electron chi connectivity index (χ4n) is 1.46. The SMILES string of the molecule is Cc1cc(Br)c(NC2=NCCCS2)c(Br)c1. The average Bonchev–Trinajstić information content (AvgIpc) is 2.25. The Kier molecular flexibility index (Phi) is 4.33. The summed E-state index contributed by atoms with van der Waals surface area (Å²) in [5.74, 6) is 1.15. The summed E-state index contributed by atoms with van der Waals surface area (Å²) in [6.07, 6.45) is 1.17.